The second-order valence-electron chi connectivity index (χ2n) is 9.33. The maximum atomic E-state index is 10.2. The summed E-state index contributed by atoms with van der Waals surface area (Å²) in [5, 5.41) is 26.8. The molecule has 2 unspecified atom stereocenters. The predicted molar refractivity (Wildman–Crippen MR) is 114 cm³/mol. The van der Waals surface area contributed by atoms with Crippen molar-refractivity contribution in [3.63, 3.8) is 0 Å². The summed E-state index contributed by atoms with van der Waals surface area (Å²) in [4.78, 5) is 0. The van der Waals surface area contributed by atoms with Crippen molar-refractivity contribution in [1.82, 2.24) is 10.6 Å². The minimum atomic E-state index is -0.626. The van der Waals surface area contributed by atoms with Gasteiger partial charge in [-0.1, -0.05) is 13.0 Å². The van der Waals surface area contributed by atoms with Gasteiger partial charge in [-0.15, -0.1) is 0 Å². The average molecular weight is 397 g/mol. The van der Waals surface area contributed by atoms with Crippen LogP contribution < -0.4 is 20.1 Å². The van der Waals surface area contributed by atoms with Crippen LogP contribution in [0.5, 0.6) is 11.5 Å². The number of ether oxygens (including phenoxy) is 2. The zero-order valence-electron chi connectivity index (χ0n) is 18.6. The Morgan fingerprint density at radius 1 is 0.821 bits per heavy atom. The van der Waals surface area contributed by atoms with Gasteiger partial charge < -0.3 is 30.3 Å². The van der Waals surface area contributed by atoms with Crippen molar-refractivity contribution < 1.29 is 19.7 Å². The number of aliphatic hydroxyl groups excluding tert-OH is 2. The van der Waals surface area contributed by atoms with Crippen LogP contribution in [-0.4, -0.2) is 59.8 Å². The Morgan fingerprint density at radius 2 is 1.29 bits per heavy atom. The zero-order chi connectivity index (χ0) is 21.4. The van der Waals surface area contributed by atoms with E-state index in [1.165, 1.54) is 0 Å². The Balaban J connectivity index is 2.64. The van der Waals surface area contributed by atoms with E-state index in [2.05, 4.69) is 59.1 Å². The summed E-state index contributed by atoms with van der Waals surface area (Å²) < 4.78 is 11.6. The molecule has 0 saturated heterocycles. The van der Waals surface area contributed by atoms with Crippen LogP contribution in [0.25, 0.3) is 0 Å². The highest BCUT2D eigenvalue weighted by atomic mass is 16.5. The van der Waals surface area contributed by atoms with Gasteiger partial charge in [0.05, 0.1) is 0 Å². The molecule has 0 fully saturated rings. The fourth-order valence-electron chi connectivity index (χ4n) is 2.34. The summed E-state index contributed by atoms with van der Waals surface area (Å²) in [6.45, 7) is 15.6. The van der Waals surface area contributed by atoms with E-state index in [9.17, 15) is 10.2 Å². The van der Waals surface area contributed by atoms with Crippen LogP contribution in [0.3, 0.4) is 0 Å². The van der Waals surface area contributed by atoms with Crippen molar-refractivity contribution in [3.05, 3.63) is 23.8 Å². The fourth-order valence-corrected chi connectivity index (χ4v) is 2.34. The quantitative estimate of drug-likeness (QED) is 0.460. The average Bonchev–Trinajstić information content (AvgIpc) is 2.60. The largest absolute Gasteiger partial charge is 0.487 e. The molecule has 1 rings (SSSR count). The minimum absolute atomic E-state index is 0.0603. The molecule has 0 aliphatic carbocycles. The Bertz CT molecular complexity index is 579. The van der Waals surface area contributed by atoms with E-state index < -0.39 is 12.2 Å². The van der Waals surface area contributed by atoms with Crippen LogP contribution >= 0.6 is 0 Å². The molecule has 0 aromatic heterocycles. The predicted octanol–water partition coefficient (Wildman–Crippen LogP) is 2.50. The van der Waals surface area contributed by atoms with Gasteiger partial charge in [-0.25, -0.2) is 0 Å². The number of rotatable bonds is 11. The molecule has 162 valence electrons. The van der Waals surface area contributed by atoms with Crippen molar-refractivity contribution in [2.75, 3.05) is 26.3 Å². The van der Waals surface area contributed by atoms with Crippen LogP contribution in [0.4, 0.5) is 0 Å². The molecule has 6 nitrogen and oxygen atoms in total. The number of hydrogen-bond acceptors (Lipinski definition) is 6. The van der Waals surface area contributed by atoms with Crippen LogP contribution in [0.2, 0.25) is 0 Å². The molecule has 0 bridgehead atoms. The number of aryl methyl sites for hydroxylation is 1. The summed E-state index contributed by atoms with van der Waals surface area (Å²) >= 11 is 0. The fraction of sp³-hybridized carbons (Fsp3) is 0.727. The third-order valence-electron chi connectivity index (χ3n) is 4.01. The lowest BCUT2D eigenvalue weighted by atomic mass is 10.1. The second-order valence-corrected chi connectivity index (χ2v) is 9.33. The third kappa shape index (κ3) is 10.9. The molecule has 0 spiro atoms. The highest BCUT2D eigenvalue weighted by molar-refractivity contribution is 5.43. The summed E-state index contributed by atoms with van der Waals surface area (Å²) in [5.41, 5.74) is 1.00. The van der Waals surface area contributed by atoms with Crippen molar-refractivity contribution in [2.45, 2.75) is 78.2 Å². The Labute approximate surface area is 170 Å². The number of β-amino-alcohol motifs (C(OH)–C–C–N with tert-alkyl or cyclic N) is 2. The molecular weight excluding hydrogens is 356 g/mol. The topological polar surface area (TPSA) is 83.0 Å². The van der Waals surface area contributed by atoms with Crippen molar-refractivity contribution >= 4 is 0 Å². The number of benzene rings is 1. The van der Waals surface area contributed by atoms with Crippen molar-refractivity contribution in [3.8, 4) is 11.5 Å². The molecule has 1 aromatic carbocycles. The smallest absolute Gasteiger partial charge is 0.161 e. The Hall–Kier alpha value is -1.34. The summed E-state index contributed by atoms with van der Waals surface area (Å²) in [7, 11) is 0. The molecule has 2 atom stereocenters. The lowest BCUT2D eigenvalue weighted by Gasteiger charge is -2.24. The maximum Gasteiger partial charge on any atom is 0.161 e. The van der Waals surface area contributed by atoms with E-state index in [0.29, 0.717) is 24.6 Å². The minimum Gasteiger partial charge on any atom is -0.487 e. The molecule has 28 heavy (non-hydrogen) atoms. The maximum absolute atomic E-state index is 10.2. The first-order valence-corrected chi connectivity index (χ1v) is 10.1. The van der Waals surface area contributed by atoms with Gasteiger partial charge in [0.2, 0.25) is 0 Å². The van der Waals surface area contributed by atoms with Crippen LogP contribution in [0.1, 0.15) is 54.0 Å². The van der Waals surface area contributed by atoms with Crippen LogP contribution in [0.15, 0.2) is 18.2 Å². The lowest BCUT2D eigenvalue weighted by Crippen LogP contribution is -2.42. The second kappa shape index (κ2) is 11.0. The SMILES string of the molecule is CCc1ccc(OCC(O)CNC(C)(C)C)c(OCC(O)CNC(C)(C)C)c1. The molecule has 0 saturated carbocycles. The first kappa shape index (κ1) is 24.7. The van der Waals surface area contributed by atoms with E-state index in [1.807, 2.05) is 18.2 Å². The summed E-state index contributed by atoms with van der Waals surface area (Å²) in [6, 6.07) is 5.77. The number of hydrogen-bond donors (Lipinski definition) is 4. The van der Waals surface area contributed by atoms with Gasteiger partial charge in [-0.05, 0) is 65.7 Å². The molecule has 1 aromatic rings. The van der Waals surface area contributed by atoms with Gasteiger partial charge in [-0.2, -0.15) is 0 Å². The summed E-state index contributed by atoms with van der Waals surface area (Å²) in [6.07, 6.45) is -0.374. The molecule has 6 heteroatoms. The number of aliphatic hydroxyl groups is 2. The molecular formula is C22H40N2O4. The van der Waals surface area contributed by atoms with Gasteiger partial charge in [0.1, 0.15) is 25.4 Å². The van der Waals surface area contributed by atoms with Gasteiger partial charge >= 0.3 is 0 Å². The van der Waals surface area contributed by atoms with E-state index in [1.54, 1.807) is 0 Å². The third-order valence-corrected chi connectivity index (χ3v) is 4.01. The first-order chi connectivity index (χ1) is 12.9. The van der Waals surface area contributed by atoms with Crippen molar-refractivity contribution in [1.29, 1.82) is 0 Å². The Kier molecular flexibility index (Phi) is 9.70. The Morgan fingerprint density at radius 3 is 1.71 bits per heavy atom. The monoisotopic (exact) mass is 396 g/mol. The number of nitrogens with one attached hydrogen (secondary N) is 2. The van der Waals surface area contributed by atoms with E-state index in [-0.39, 0.29) is 24.3 Å². The van der Waals surface area contributed by atoms with E-state index >= 15 is 0 Å². The molecule has 0 heterocycles. The first-order valence-electron chi connectivity index (χ1n) is 10.1. The van der Waals surface area contributed by atoms with Gasteiger partial charge in [0.25, 0.3) is 0 Å². The molecule has 0 amide bonds. The van der Waals surface area contributed by atoms with Gasteiger partial charge in [0.15, 0.2) is 11.5 Å². The van der Waals surface area contributed by atoms with Crippen molar-refractivity contribution in [2.24, 2.45) is 0 Å². The van der Waals surface area contributed by atoms with Crippen LogP contribution in [0, 0.1) is 0 Å². The normalized spacial score (nSPS) is 14.6. The highest BCUT2D eigenvalue weighted by Crippen LogP contribution is 2.29. The van der Waals surface area contributed by atoms with Gasteiger partial charge in [-0.3, -0.25) is 0 Å². The van der Waals surface area contributed by atoms with Crippen LogP contribution in [-0.2, 0) is 6.42 Å². The zero-order valence-corrected chi connectivity index (χ0v) is 18.6. The van der Waals surface area contributed by atoms with E-state index in [0.717, 1.165) is 12.0 Å². The highest BCUT2D eigenvalue weighted by Gasteiger charge is 2.16. The van der Waals surface area contributed by atoms with E-state index in [4.69, 9.17) is 9.47 Å². The molecule has 4 N–H and O–H groups in total. The molecule has 0 aliphatic heterocycles. The standard InChI is InChI=1S/C22H40N2O4/c1-8-16-9-10-19(27-14-17(25)12-23-21(2,3)4)20(11-16)28-15-18(26)13-24-22(5,6)7/h9-11,17-18,23-26H,8,12-15H2,1-7H3. The summed E-state index contributed by atoms with van der Waals surface area (Å²) in [5.74, 6) is 1.16. The molecule has 0 aliphatic rings. The molecule has 0 radical (unpaired) electrons. The van der Waals surface area contributed by atoms with Gasteiger partial charge in [0, 0.05) is 24.2 Å². The lowest BCUT2D eigenvalue weighted by molar-refractivity contribution is 0.0871.